The molecule has 8 heteroatoms. The Kier molecular flexibility index (Phi) is 5.15. The molecule has 0 aliphatic rings. The number of methoxy groups -OCH3 is 1. The summed E-state index contributed by atoms with van der Waals surface area (Å²) in [5.41, 5.74) is 5.09. The van der Waals surface area contributed by atoms with E-state index in [9.17, 15) is 13.2 Å². The van der Waals surface area contributed by atoms with Crippen molar-refractivity contribution in [1.82, 2.24) is 4.72 Å². The largest absolute Gasteiger partial charge is 0.465 e. The molecule has 1 aromatic carbocycles. The highest BCUT2D eigenvalue weighted by Crippen LogP contribution is 2.19. The first kappa shape index (κ1) is 16.9. The SMILES string of the molecule is COC(=O)c1cc(Cl)cc(S(=O)(=O)NCC(C)(C)N)c1. The van der Waals surface area contributed by atoms with Gasteiger partial charge < -0.3 is 10.5 Å². The maximum absolute atomic E-state index is 12.1. The van der Waals surface area contributed by atoms with Crippen LogP contribution in [0.2, 0.25) is 5.02 Å². The van der Waals surface area contributed by atoms with Crippen molar-refractivity contribution in [3.05, 3.63) is 28.8 Å². The molecule has 6 nitrogen and oxygen atoms in total. The van der Waals surface area contributed by atoms with Crippen molar-refractivity contribution in [2.24, 2.45) is 5.73 Å². The molecule has 20 heavy (non-hydrogen) atoms. The fourth-order valence-corrected chi connectivity index (χ4v) is 2.91. The summed E-state index contributed by atoms with van der Waals surface area (Å²) in [6.07, 6.45) is 0. The summed E-state index contributed by atoms with van der Waals surface area (Å²) < 4.78 is 31.1. The van der Waals surface area contributed by atoms with Crippen molar-refractivity contribution in [2.75, 3.05) is 13.7 Å². The summed E-state index contributed by atoms with van der Waals surface area (Å²) in [4.78, 5) is 11.3. The molecular formula is C12H17ClN2O4S. The molecule has 112 valence electrons. The molecule has 0 spiro atoms. The molecule has 0 heterocycles. The molecule has 0 bridgehead atoms. The smallest absolute Gasteiger partial charge is 0.337 e. The average molecular weight is 321 g/mol. The molecule has 0 aromatic heterocycles. The van der Waals surface area contributed by atoms with E-state index in [-0.39, 0.29) is 22.0 Å². The van der Waals surface area contributed by atoms with Gasteiger partial charge in [0, 0.05) is 17.1 Å². The lowest BCUT2D eigenvalue weighted by Crippen LogP contribution is -2.45. The molecule has 1 aromatic rings. The van der Waals surface area contributed by atoms with Crippen LogP contribution in [0.15, 0.2) is 23.1 Å². The van der Waals surface area contributed by atoms with Gasteiger partial charge in [0.2, 0.25) is 10.0 Å². The molecule has 0 amide bonds. The highest BCUT2D eigenvalue weighted by Gasteiger charge is 2.21. The Hall–Kier alpha value is -1.15. The fraction of sp³-hybridized carbons (Fsp3) is 0.417. The standard InChI is InChI=1S/C12H17ClN2O4S/c1-12(2,14)7-15-20(17,18)10-5-8(11(16)19-3)4-9(13)6-10/h4-6,15H,7,14H2,1-3H3. The molecule has 0 aliphatic heterocycles. The molecule has 3 N–H and O–H groups in total. The van der Waals surface area contributed by atoms with Crippen molar-refractivity contribution in [1.29, 1.82) is 0 Å². The number of hydrogen-bond acceptors (Lipinski definition) is 5. The van der Waals surface area contributed by atoms with E-state index in [0.717, 1.165) is 0 Å². The number of hydrogen-bond donors (Lipinski definition) is 2. The van der Waals surface area contributed by atoms with Crippen LogP contribution in [0.25, 0.3) is 0 Å². The number of halogens is 1. The summed E-state index contributed by atoms with van der Waals surface area (Å²) >= 11 is 5.82. The van der Waals surface area contributed by atoms with Crippen LogP contribution >= 0.6 is 11.6 Å². The van der Waals surface area contributed by atoms with Crippen LogP contribution in [0.5, 0.6) is 0 Å². The molecule has 0 saturated heterocycles. The van der Waals surface area contributed by atoms with Gasteiger partial charge in [0.05, 0.1) is 17.6 Å². The number of benzene rings is 1. The number of carbonyl (C=O) groups excluding carboxylic acids is 1. The Labute approximate surface area is 123 Å². The van der Waals surface area contributed by atoms with Gasteiger partial charge in [0.1, 0.15) is 0 Å². The third-order valence-electron chi connectivity index (χ3n) is 2.32. The van der Waals surface area contributed by atoms with E-state index in [1.54, 1.807) is 13.8 Å². The Bertz CT molecular complexity index is 608. The van der Waals surface area contributed by atoms with Gasteiger partial charge in [0.15, 0.2) is 0 Å². The third-order valence-corrected chi connectivity index (χ3v) is 3.92. The Morgan fingerprint density at radius 1 is 1.40 bits per heavy atom. The van der Waals surface area contributed by atoms with Crippen molar-refractivity contribution in [3.8, 4) is 0 Å². The number of sulfonamides is 1. The minimum absolute atomic E-state index is 0.0510. The quantitative estimate of drug-likeness (QED) is 0.793. The van der Waals surface area contributed by atoms with Crippen LogP contribution in [0.3, 0.4) is 0 Å². The maximum Gasteiger partial charge on any atom is 0.337 e. The lowest BCUT2D eigenvalue weighted by molar-refractivity contribution is 0.0600. The van der Waals surface area contributed by atoms with Gasteiger partial charge in [-0.3, -0.25) is 0 Å². The molecule has 0 saturated carbocycles. The van der Waals surface area contributed by atoms with E-state index in [0.29, 0.717) is 0 Å². The van der Waals surface area contributed by atoms with Crippen molar-refractivity contribution >= 4 is 27.6 Å². The van der Waals surface area contributed by atoms with Crippen molar-refractivity contribution in [3.63, 3.8) is 0 Å². The van der Waals surface area contributed by atoms with Crippen molar-refractivity contribution in [2.45, 2.75) is 24.3 Å². The normalized spacial score (nSPS) is 12.2. The zero-order valence-electron chi connectivity index (χ0n) is 11.4. The monoisotopic (exact) mass is 320 g/mol. The summed E-state index contributed by atoms with van der Waals surface area (Å²) in [6.45, 7) is 3.43. The van der Waals surface area contributed by atoms with E-state index in [1.807, 2.05) is 0 Å². The van der Waals surface area contributed by atoms with Crippen LogP contribution in [0, 0.1) is 0 Å². The zero-order chi connectivity index (χ0) is 15.6. The van der Waals surface area contributed by atoms with E-state index >= 15 is 0 Å². The molecule has 0 aliphatic carbocycles. The number of esters is 1. The molecular weight excluding hydrogens is 304 g/mol. The highest BCUT2D eigenvalue weighted by atomic mass is 35.5. The van der Waals surface area contributed by atoms with Gasteiger partial charge in [-0.2, -0.15) is 0 Å². The molecule has 0 fully saturated rings. The topological polar surface area (TPSA) is 98.5 Å². The molecule has 0 atom stereocenters. The van der Waals surface area contributed by atoms with Crippen LogP contribution in [-0.4, -0.2) is 33.6 Å². The lowest BCUT2D eigenvalue weighted by atomic mass is 10.1. The fourth-order valence-electron chi connectivity index (χ4n) is 1.32. The van der Waals surface area contributed by atoms with Gasteiger partial charge in [-0.05, 0) is 32.0 Å². The first-order valence-corrected chi connectivity index (χ1v) is 7.59. The second-order valence-electron chi connectivity index (χ2n) is 4.98. The Morgan fingerprint density at radius 3 is 2.50 bits per heavy atom. The summed E-state index contributed by atoms with van der Waals surface area (Å²) in [5.74, 6) is -0.664. The number of ether oxygens (including phenoxy) is 1. The van der Waals surface area contributed by atoms with Crippen LogP contribution in [0.4, 0.5) is 0 Å². The predicted octanol–water partition coefficient (Wildman–Crippen LogP) is 1.14. The molecule has 1 rings (SSSR count). The Morgan fingerprint density at radius 2 is 2.00 bits per heavy atom. The van der Waals surface area contributed by atoms with Gasteiger partial charge in [-0.1, -0.05) is 11.6 Å². The summed E-state index contributed by atoms with van der Waals surface area (Å²) in [5, 5.41) is 0.125. The van der Waals surface area contributed by atoms with Crippen LogP contribution in [-0.2, 0) is 14.8 Å². The Balaban J connectivity index is 3.12. The molecule has 0 unspecified atom stereocenters. The lowest BCUT2D eigenvalue weighted by Gasteiger charge is -2.19. The predicted molar refractivity (Wildman–Crippen MR) is 76.2 cm³/mol. The minimum Gasteiger partial charge on any atom is -0.465 e. The van der Waals surface area contributed by atoms with E-state index in [2.05, 4.69) is 9.46 Å². The zero-order valence-corrected chi connectivity index (χ0v) is 13.0. The first-order chi connectivity index (χ1) is 9.05. The number of nitrogens with two attached hydrogens (primary N) is 1. The first-order valence-electron chi connectivity index (χ1n) is 5.72. The van der Waals surface area contributed by atoms with E-state index < -0.39 is 21.5 Å². The van der Waals surface area contributed by atoms with Crippen molar-refractivity contribution < 1.29 is 17.9 Å². The van der Waals surface area contributed by atoms with E-state index in [4.69, 9.17) is 17.3 Å². The third kappa shape index (κ3) is 4.75. The highest BCUT2D eigenvalue weighted by molar-refractivity contribution is 7.89. The molecule has 0 radical (unpaired) electrons. The van der Waals surface area contributed by atoms with Gasteiger partial charge in [0.25, 0.3) is 0 Å². The number of carbonyl (C=O) groups is 1. The second-order valence-corrected chi connectivity index (χ2v) is 7.18. The van der Waals surface area contributed by atoms with Crippen LogP contribution in [0.1, 0.15) is 24.2 Å². The van der Waals surface area contributed by atoms with Crippen LogP contribution < -0.4 is 10.5 Å². The summed E-state index contributed by atoms with van der Waals surface area (Å²) in [7, 11) is -2.60. The average Bonchev–Trinajstić information content (AvgIpc) is 2.34. The second kappa shape index (κ2) is 6.09. The number of rotatable bonds is 5. The van der Waals surface area contributed by atoms with Gasteiger partial charge in [-0.15, -0.1) is 0 Å². The maximum atomic E-state index is 12.1. The van der Waals surface area contributed by atoms with E-state index in [1.165, 1.54) is 25.3 Å². The summed E-state index contributed by atoms with van der Waals surface area (Å²) in [6, 6.07) is 3.78. The van der Waals surface area contributed by atoms with Gasteiger partial charge >= 0.3 is 5.97 Å². The van der Waals surface area contributed by atoms with Gasteiger partial charge in [-0.25, -0.2) is 17.9 Å². The minimum atomic E-state index is -3.80. The number of nitrogens with one attached hydrogen (secondary N) is 1.